The molecule has 0 aliphatic heterocycles. The molecular formula is C13H8BrCl2NO2. The number of Topliss-reactive ketones (excluding diaryl/α,β-unsaturated/α-hetero) is 1. The van der Waals surface area contributed by atoms with Gasteiger partial charge in [0.15, 0.2) is 6.61 Å². The number of benzene rings is 1. The van der Waals surface area contributed by atoms with E-state index in [0.29, 0.717) is 21.4 Å². The van der Waals surface area contributed by atoms with Gasteiger partial charge in [0.1, 0.15) is 5.75 Å². The normalized spacial score (nSPS) is 10.3. The molecule has 0 N–H and O–H groups in total. The number of pyridine rings is 1. The van der Waals surface area contributed by atoms with Crippen molar-refractivity contribution in [2.75, 3.05) is 6.61 Å². The Labute approximate surface area is 128 Å². The lowest BCUT2D eigenvalue weighted by Gasteiger charge is -2.07. The van der Waals surface area contributed by atoms with Gasteiger partial charge in [-0.15, -0.1) is 0 Å². The zero-order chi connectivity index (χ0) is 13.8. The molecule has 0 unspecified atom stereocenters. The van der Waals surface area contributed by atoms with E-state index in [1.807, 2.05) is 0 Å². The summed E-state index contributed by atoms with van der Waals surface area (Å²) in [5.41, 5.74) is 0.345. The smallest absolute Gasteiger partial charge is 0.201 e. The summed E-state index contributed by atoms with van der Waals surface area (Å²) in [6.45, 7) is -0.127. The molecule has 0 atom stereocenters. The summed E-state index contributed by atoms with van der Waals surface area (Å²) in [4.78, 5) is 15.9. The van der Waals surface area contributed by atoms with Crippen molar-refractivity contribution < 1.29 is 9.53 Å². The van der Waals surface area contributed by atoms with E-state index in [1.54, 1.807) is 24.4 Å². The molecule has 0 aliphatic carbocycles. The van der Waals surface area contributed by atoms with Crippen LogP contribution in [0.2, 0.25) is 10.0 Å². The van der Waals surface area contributed by atoms with Crippen LogP contribution < -0.4 is 4.74 Å². The molecule has 2 rings (SSSR count). The van der Waals surface area contributed by atoms with Gasteiger partial charge in [0, 0.05) is 21.3 Å². The highest BCUT2D eigenvalue weighted by atomic mass is 79.9. The molecule has 3 nitrogen and oxygen atoms in total. The lowest BCUT2D eigenvalue weighted by atomic mass is 10.1. The van der Waals surface area contributed by atoms with Gasteiger partial charge in [0.05, 0.1) is 11.2 Å². The van der Waals surface area contributed by atoms with E-state index in [9.17, 15) is 4.79 Å². The highest BCUT2D eigenvalue weighted by molar-refractivity contribution is 9.10. The molecule has 0 saturated heterocycles. The van der Waals surface area contributed by atoms with E-state index in [-0.39, 0.29) is 12.4 Å². The number of carbonyl (C=O) groups excluding carboxylic acids is 1. The Morgan fingerprint density at radius 3 is 2.79 bits per heavy atom. The Morgan fingerprint density at radius 1 is 1.26 bits per heavy atom. The molecule has 1 aromatic heterocycles. The molecular weight excluding hydrogens is 353 g/mol. The highest BCUT2D eigenvalue weighted by Gasteiger charge is 2.12. The van der Waals surface area contributed by atoms with Crippen LogP contribution in [0.5, 0.6) is 5.75 Å². The summed E-state index contributed by atoms with van der Waals surface area (Å²) in [5.74, 6) is 0.258. The van der Waals surface area contributed by atoms with Gasteiger partial charge in [-0.05, 0) is 40.2 Å². The molecule has 0 saturated carbocycles. The fourth-order valence-electron chi connectivity index (χ4n) is 1.41. The average molecular weight is 361 g/mol. The van der Waals surface area contributed by atoms with Crippen molar-refractivity contribution >= 4 is 44.9 Å². The molecule has 2 aromatic rings. The van der Waals surface area contributed by atoms with Crippen molar-refractivity contribution in [3.8, 4) is 5.75 Å². The van der Waals surface area contributed by atoms with Crippen LogP contribution in [0.25, 0.3) is 0 Å². The van der Waals surface area contributed by atoms with E-state index in [0.717, 1.165) is 4.47 Å². The van der Waals surface area contributed by atoms with E-state index < -0.39 is 0 Å². The van der Waals surface area contributed by atoms with E-state index >= 15 is 0 Å². The lowest BCUT2D eigenvalue weighted by Crippen LogP contribution is -2.12. The topological polar surface area (TPSA) is 39.2 Å². The number of nitrogens with zero attached hydrogens (tertiary/aromatic N) is 1. The fourth-order valence-corrected chi connectivity index (χ4v) is 2.15. The van der Waals surface area contributed by atoms with Gasteiger partial charge in [-0.3, -0.25) is 9.78 Å². The van der Waals surface area contributed by atoms with Crippen LogP contribution in [-0.2, 0) is 0 Å². The standard InChI is InChI=1S/C13H8BrCl2NO2/c14-8-3-10(6-17-5-8)19-7-13(18)11-4-9(15)1-2-12(11)16/h1-6H,7H2. The quantitative estimate of drug-likeness (QED) is 0.758. The third-order valence-corrected chi connectivity index (χ3v) is 3.28. The molecule has 0 fully saturated rings. The van der Waals surface area contributed by atoms with Gasteiger partial charge in [0.2, 0.25) is 5.78 Å². The number of aromatic nitrogens is 1. The predicted molar refractivity (Wildman–Crippen MR) is 78.2 cm³/mol. The summed E-state index contributed by atoms with van der Waals surface area (Å²) in [5, 5.41) is 0.808. The van der Waals surface area contributed by atoms with Crippen molar-refractivity contribution in [2.45, 2.75) is 0 Å². The van der Waals surface area contributed by atoms with Crippen LogP contribution in [0.4, 0.5) is 0 Å². The Kier molecular flexibility index (Phi) is 4.80. The maximum Gasteiger partial charge on any atom is 0.201 e. The van der Waals surface area contributed by atoms with Crippen LogP contribution in [0.1, 0.15) is 10.4 Å². The lowest BCUT2D eigenvalue weighted by molar-refractivity contribution is 0.0921. The van der Waals surface area contributed by atoms with Crippen molar-refractivity contribution in [3.63, 3.8) is 0 Å². The minimum absolute atomic E-state index is 0.127. The first-order valence-electron chi connectivity index (χ1n) is 5.28. The summed E-state index contributed by atoms with van der Waals surface area (Å²) in [7, 11) is 0. The van der Waals surface area contributed by atoms with Crippen molar-refractivity contribution in [3.05, 3.63) is 56.7 Å². The number of rotatable bonds is 4. The molecule has 6 heteroatoms. The summed E-state index contributed by atoms with van der Waals surface area (Å²) in [6.07, 6.45) is 3.15. The van der Waals surface area contributed by atoms with E-state index in [2.05, 4.69) is 20.9 Å². The molecule has 19 heavy (non-hydrogen) atoms. The van der Waals surface area contributed by atoms with Gasteiger partial charge in [-0.25, -0.2) is 0 Å². The second-order valence-electron chi connectivity index (χ2n) is 3.67. The number of halogens is 3. The Morgan fingerprint density at radius 2 is 2.05 bits per heavy atom. The number of hydrogen-bond acceptors (Lipinski definition) is 3. The van der Waals surface area contributed by atoms with E-state index in [4.69, 9.17) is 27.9 Å². The maximum absolute atomic E-state index is 12.0. The van der Waals surface area contributed by atoms with Crippen molar-refractivity contribution in [1.82, 2.24) is 4.98 Å². The SMILES string of the molecule is O=C(COc1cncc(Br)c1)c1cc(Cl)ccc1Cl. The van der Waals surface area contributed by atoms with Crippen LogP contribution in [0, 0.1) is 0 Å². The van der Waals surface area contributed by atoms with Crippen LogP contribution in [0.3, 0.4) is 0 Å². The van der Waals surface area contributed by atoms with Gasteiger partial charge < -0.3 is 4.74 Å². The van der Waals surface area contributed by atoms with Gasteiger partial charge in [0.25, 0.3) is 0 Å². The number of hydrogen-bond donors (Lipinski definition) is 0. The zero-order valence-corrected chi connectivity index (χ0v) is 12.7. The second kappa shape index (κ2) is 6.37. The molecule has 0 radical (unpaired) electrons. The molecule has 0 amide bonds. The first-order chi connectivity index (χ1) is 9.06. The number of carbonyl (C=O) groups is 1. The zero-order valence-electron chi connectivity index (χ0n) is 9.57. The third-order valence-electron chi connectivity index (χ3n) is 2.28. The number of ketones is 1. The largest absolute Gasteiger partial charge is 0.484 e. The van der Waals surface area contributed by atoms with Crippen molar-refractivity contribution in [1.29, 1.82) is 0 Å². The molecule has 0 aliphatic rings. The maximum atomic E-state index is 12.0. The first-order valence-corrected chi connectivity index (χ1v) is 6.83. The van der Waals surface area contributed by atoms with Gasteiger partial charge >= 0.3 is 0 Å². The van der Waals surface area contributed by atoms with E-state index in [1.165, 1.54) is 12.3 Å². The van der Waals surface area contributed by atoms with Crippen LogP contribution in [-0.4, -0.2) is 17.4 Å². The summed E-state index contributed by atoms with van der Waals surface area (Å²) < 4.78 is 6.13. The second-order valence-corrected chi connectivity index (χ2v) is 5.43. The van der Waals surface area contributed by atoms with Crippen LogP contribution >= 0.6 is 39.1 Å². The average Bonchev–Trinajstić information content (AvgIpc) is 2.39. The number of ether oxygens (including phenoxy) is 1. The van der Waals surface area contributed by atoms with Gasteiger partial charge in [-0.1, -0.05) is 23.2 Å². The minimum Gasteiger partial charge on any atom is -0.484 e. The Bertz CT molecular complexity index is 619. The minimum atomic E-state index is -0.243. The van der Waals surface area contributed by atoms with Gasteiger partial charge in [-0.2, -0.15) is 0 Å². The Hall–Kier alpha value is -1.10. The monoisotopic (exact) mass is 359 g/mol. The third kappa shape index (κ3) is 3.93. The molecule has 98 valence electrons. The molecule has 1 aromatic carbocycles. The summed E-state index contributed by atoms with van der Waals surface area (Å²) >= 11 is 15.0. The highest BCUT2D eigenvalue weighted by Crippen LogP contribution is 2.22. The molecule has 0 bridgehead atoms. The summed E-state index contributed by atoms with van der Waals surface area (Å²) in [6, 6.07) is 6.45. The predicted octanol–water partition coefficient (Wildman–Crippen LogP) is 4.41. The molecule has 1 heterocycles. The van der Waals surface area contributed by atoms with Crippen LogP contribution in [0.15, 0.2) is 41.1 Å². The molecule has 0 spiro atoms. The fraction of sp³-hybridized carbons (Fsp3) is 0.0769. The Balaban J connectivity index is 2.07. The first kappa shape index (κ1) is 14.3. The van der Waals surface area contributed by atoms with Crippen molar-refractivity contribution in [2.24, 2.45) is 0 Å².